The summed E-state index contributed by atoms with van der Waals surface area (Å²) in [5, 5.41) is 3.23. The molecule has 2 aromatic rings. The van der Waals surface area contributed by atoms with Crippen LogP contribution in [0.3, 0.4) is 0 Å². The van der Waals surface area contributed by atoms with E-state index in [0.29, 0.717) is 11.4 Å². The van der Waals surface area contributed by atoms with Gasteiger partial charge in [-0.2, -0.15) is 0 Å². The zero-order valence-electron chi connectivity index (χ0n) is 11.8. The smallest absolute Gasteiger partial charge is 0.142 e. The molecule has 0 saturated heterocycles. The largest absolute Gasteiger partial charge is 0.497 e. The monoisotopic (exact) mass is 274 g/mol. The lowest BCUT2D eigenvalue weighted by atomic mass is 10.2. The molecule has 0 aliphatic heterocycles. The van der Waals surface area contributed by atoms with Crippen molar-refractivity contribution in [2.75, 3.05) is 32.4 Å². The van der Waals surface area contributed by atoms with Gasteiger partial charge in [0.1, 0.15) is 17.2 Å². The molecule has 20 heavy (non-hydrogen) atoms. The zero-order valence-corrected chi connectivity index (χ0v) is 11.8. The van der Waals surface area contributed by atoms with Gasteiger partial charge in [-0.1, -0.05) is 0 Å². The molecule has 2 aromatic carbocycles. The van der Waals surface area contributed by atoms with Crippen molar-refractivity contribution in [2.24, 2.45) is 0 Å². The van der Waals surface area contributed by atoms with Gasteiger partial charge in [0.2, 0.25) is 0 Å². The van der Waals surface area contributed by atoms with E-state index in [4.69, 9.17) is 19.9 Å². The molecule has 3 N–H and O–H groups in total. The van der Waals surface area contributed by atoms with Crippen LogP contribution in [0.4, 0.5) is 17.1 Å². The molecule has 5 nitrogen and oxygen atoms in total. The molecule has 0 heterocycles. The Balaban J connectivity index is 2.38. The predicted molar refractivity (Wildman–Crippen MR) is 80.2 cm³/mol. The van der Waals surface area contributed by atoms with E-state index in [0.717, 1.165) is 22.9 Å². The van der Waals surface area contributed by atoms with Crippen LogP contribution in [-0.2, 0) is 0 Å². The van der Waals surface area contributed by atoms with E-state index in [1.165, 1.54) is 0 Å². The van der Waals surface area contributed by atoms with Crippen LogP contribution in [-0.4, -0.2) is 21.3 Å². The topological polar surface area (TPSA) is 65.7 Å². The summed E-state index contributed by atoms with van der Waals surface area (Å²) in [6.07, 6.45) is 0. The Labute approximate surface area is 118 Å². The Bertz CT molecular complexity index is 600. The van der Waals surface area contributed by atoms with Gasteiger partial charge in [0, 0.05) is 12.1 Å². The molecule has 5 heteroatoms. The standard InChI is InChI=1S/C15H18N2O3/c1-18-10-4-6-12(16)13(8-10)17-14-9-11(19-2)5-7-15(14)20-3/h4-9,17H,16H2,1-3H3. The summed E-state index contributed by atoms with van der Waals surface area (Å²) in [5.74, 6) is 2.16. The number of methoxy groups -OCH3 is 3. The molecule has 0 aliphatic carbocycles. The van der Waals surface area contributed by atoms with Crippen molar-refractivity contribution in [3.05, 3.63) is 36.4 Å². The first-order valence-corrected chi connectivity index (χ1v) is 6.10. The number of benzene rings is 2. The minimum absolute atomic E-state index is 0.621. The third-order valence-electron chi connectivity index (χ3n) is 2.94. The van der Waals surface area contributed by atoms with Crippen LogP contribution in [0.1, 0.15) is 0 Å². The van der Waals surface area contributed by atoms with Crippen molar-refractivity contribution in [2.45, 2.75) is 0 Å². The summed E-state index contributed by atoms with van der Waals surface area (Å²) < 4.78 is 15.7. The van der Waals surface area contributed by atoms with Crippen LogP contribution in [0, 0.1) is 0 Å². The first-order chi connectivity index (χ1) is 9.67. The third kappa shape index (κ3) is 2.88. The van der Waals surface area contributed by atoms with E-state index in [9.17, 15) is 0 Å². The summed E-state index contributed by atoms with van der Waals surface area (Å²) in [4.78, 5) is 0. The fraction of sp³-hybridized carbons (Fsp3) is 0.200. The summed E-state index contributed by atoms with van der Waals surface area (Å²) in [7, 11) is 4.84. The highest BCUT2D eigenvalue weighted by molar-refractivity contribution is 5.77. The number of nitrogens with one attached hydrogen (secondary N) is 1. The summed E-state index contributed by atoms with van der Waals surface area (Å²) in [5.41, 5.74) is 8.10. The molecule has 0 fully saturated rings. The van der Waals surface area contributed by atoms with Crippen molar-refractivity contribution in [1.82, 2.24) is 0 Å². The fourth-order valence-corrected chi connectivity index (χ4v) is 1.83. The van der Waals surface area contributed by atoms with E-state index >= 15 is 0 Å². The molecule has 0 saturated carbocycles. The Morgan fingerprint density at radius 3 is 2.00 bits per heavy atom. The highest BCUT2D eigenvalue weighted by atomic mass is 16.5. The number of nitrogens with two attached hydrogens (primary N) is 1. The second kappa shape index (κ2) is 6.06. The molecular formula is C15H18N2O3. The second-order valence-electron chi connectivity index (χ2n) is 4.14. The van der Waals surface area contributed by atoms with Gasteiger partial charge in [-0.05, 0) is 24.3 Å². The van der Waals surface area contributed by atoms with Crippen molar-refractivity contribution in [3.63, 3.8) is 0 Å². The number of hydrogen-bond donors (Lipinski definition) is 2. The van der Waals surface area contributed by atoms with Gasteiger partial charge in [0.25, 0.3) is 0 Å². The number of anilines is 3. The normalized spacial score (nSPS) is 9.95. The van der Waals surface area contributed by atoms with E-state index in [-0.39, 0.29) is 0 Å². The van der Waals surface area contributed by atoms with Crippen LogP contribution in [0.2, 0.25) is 0 Å². The molecule has 0 amide bonds. The van der Waals surface area contributed by atoms with Crippen LogP contribution < -0.4 is 25.3 Å². The van der Waals surface area contributed by atoms with Crippen molar-refractivity contribution in [3.8, 4) is 17.2 Å². The average Bonchev–Trinajstić information content (AvgIpc) is 2.49. The summed E-state index contributed by atoms with van der Waals surface area (Å²) >= 11 is 0. The quantitative estimate of drug-likeness (QED) is 0.820. The lowest BCUT2D eigenvalue weighted by Gasteiger charge is -2.14. The first kappa shape index (κ1) is 13.9. The van der Waals surface area contributed by atoms with Crippen LogP contribution >= 0.6 is 0 Å². The van der Waals surface area contributed by atoms with Crippen molar-refractivity contribution < 1.29 is 14.2 Å². The van der Waals surface area contributed by atoms with Gasteiger partial charge < -0.3 is 25.3 Å². The molecule has 0 spiro atoms. The SMILES string of the molecule is COc1ccc(N)c(Nc2cc(OC)ccc2OC)c1. The molecular weight excluding hydrogens is 256 g/mol. The minimum atomic E-state index is 0.621. The zero-order chi connectivity index (χ0) is 14.5. The minimum Gasteiger partial charge on any atom is -0.497 e. The second-order valence-corrected chi connectivity index (χ2v) is 4.14. The Kier molecular flexibility index (Phi) is 4.20. The van der Waals surface area contributed by atoms with Crippen LogP contribution in [0.5, 0.6) is 17.2 Å². The van der Waals surface area contributed by atoms with Crippen LogP contribution in [0.15, 0.2) is 36.4 Å². The fourth-order valence-electron chi connectivity index (χ4n) is 1.83. The lowest BCUT2D eigenvalue weighted by Crippen LogP contribution is -1.99. The predicted octanol–water partition coefficient (Wildman–Crippen LogP) is 3.04. The molecule has 0 atom stereocenters. The maximum absolute atomic E-state index is 5.96. The van der Waals surface area contributed by atoms with Gasteiger partial charge in [-0.25, -0.2) is 0 Å². The van der Waals surface area contributed by atoms with E-state index in [2.05, 4.69) is 5.32 Å². The Hall–Kier alpha value is -2.56. The van der Waals surface area contributed by atoms with E-state index in [1.54, 1.807) is 27.4 Å². The Morgan fingerprint density at radius 1 is 0.800 bits per heavy atom. The molecule has 0 bridgehead atoms. The van der Waals surface area contributed by atoms with E-state index in [1.807, 2.05) is 30.3 Å². The average molecular weight is 274 g/mol. The number of hydrogen-bond acceptors (Lipinski definition) is 5. The molecule has 0 radical (unpaired) electrons. The molecule has 106 valence electrons. The number of rotatable bonds is 5. The molecule has 0 unspecified atom stereocenters. The van der Waals surface area contributed by atoms with Gasteiger partial charge in [-0.3, -0.25) is 0 Å². The Morgan fingerprint density at radius 2 is 1.40 bits per heavy atom. The highest BCUT2D eigenvalue weighted by Gasteiger charge is 2.08. The van der Waals surface area contributed by atoms with Gasteiger partial charge >= 0.3 is 0 Å². The van der Waals surface area contributed by atoms with Gasteiger partial charge in [0.15, 0.2) is 0 Å². The van der Waals surface area contributed by atoms with Crippen molar-refractivity contribution >= 4 is 17.1 Å². The summed E-state index contributed by atoms with van der Waals surface area (Å²) in [6.45, 7) is 0. The molecule has 2 rings (SSSR count). The molecule has 0 aliphatic rings. The van der Waals surface area contributed by atoms with Crippen LogP contribution in [0.25, 0.3) is 0 Å². The van der Waals surface area contributed by atoms with Crippen molar-refractivity contribution in [1.29, 1.82) is 0 Å². The third-order valence-corrected chi connectivity index (χ3v) is 2.94. The van der Waals surface area contributed by atoms with E-state index < -0.39 is 0 Å². The first-order valence-electron chi connectivity index (χ1n) is 6.10. The maximum Gasteiger partial charge on any atom is 0.142 e. The van der Waals surface area contributed by atoms with Gasteiger partial charge in [-0.15, -0.1) is 0 Å². The number of nitrogen functional groups attached to an aromatic ring is 1. The highest BCUT2D eigenvalue weighted by Crippen LogP contribution is 2.34. The maximum atomic E-state index is 5.96. The lowest BCUT2D eigenvalue weighted by molar-refractivity contribution is 0.405. The van der Waals surface area contributed by atoms with Gasteiger partial charge in [0.05, 0.1) is 38.4 Å². The number of ether oxygens (including phenoxy) is 3. The molecule has 0 aromatic heterocycles. The summed E-state index contributed by atoms with van der Waals surface area (Å²) in [6, 6.07) is 10.9.